The predicted molar refractivity (Wildman–Crippen MR) is 87.7 cm³/mol. The van der Waals surface area contributed by atoms with Crippen LogP contribution in [-0.4, -0.2) is 36.1 Å². The third-order valence-electron chi connectivity index (χ3n) is 3.66. The van der Waals surface area contributed by atoms with Crippen LogP contribution in [0.25, 0.3) is 0 Å². The highest BCUT2D eigenvalue weighted by molar-refractivity contribution is 6.06. The van der Waals surface area contributed by atoms with Crippen LogP contribution in [0.2, 0.25) is 0 Å². The van der Waals surface area contributed by atoms with E-state index in [4.69, 9.17) is 9.47 Å². The third kappa shape index (κ3) is 3.55. The van der Waals surface area contributed by atoms with Crippen molar-refractivity contribution in [2.75, 3.05) is 18.5 Å². The summed E-state index contributed by atoms with van der Waals surface area (Å²) in [6.07, 6.45) is 0.0909. The minimum atomic E-state index is -0.374. The van der Waals surface area contributed by atoms with Gasteiger partial charge in [0.05, 0.1) is 18.8 Å². The number of aromatic hydroxyl groups is 1. The van der Waals surface area contributed by atoms with Crippen LogP contribution in [0.5, 0.6) is 11.5 Å². The number of phenolic OH excluding ortho intramolecular Hbond substituents is 1. The second-order valence-electron chi connectivity index (χ2n) is 5.54. The molecule has 2 N–H and O–H groups in total. The first-order valence-electron chi connectivity index (χ1n) is 7.52. The summed E-state index contributed by atoms with van der Waals surface area (Å²) < 4.78 is 10.7. The summed E-state index contributed by atoms with van der Waals surface area (Å²) in [5, 5.41) is 12.5. The Labute approximate surface area is 139 Å². The molecule has 124 valence electrons. The van der Waals surface area contributed by atoms with Gasteiger partial charge in [-0.3, -0.25) is 9.59 Å². The average Bonchev–Trinajstić information content (AvgIpc) is 2.52. The van der Waals surface area contributed by atoms with E-state index < -0.39 is 0 Å². The van der Waals surface area contributed by atoms with Crippen molar-refractivity contribution in [3.63, 3.8) is 0 Å². The van der Waals surface area contributed by atoms with Gasteiger partial charge in [0.1, 0.15) is 17.6 Å². The molecule has 0 radical (unpaired) electrons. The molecule has 0 atom stereocenters. The highest BCUT2D eigenvalue weighted by Gasteiger charge is 2.20. The largest absolute Gasteiger partial charge is 0.507 e. The summed E-state index contributed by atoms with van der Waals surface area (Å²) >= 11 is 0. The molecule has 6 heteroatoms. The minimum absolute atomic E-state index is 0.0909. The maximum absolute atomic E-state index is 12.2. The van der Waals surface area contributed by atoms with Crippen LogP contribution in [-0.2, 0) is 4.74 Å². The number of hydrogen-bond donors (Lipinski definition) is 2. The molecule has 1 heterocycles. The minimum Gasteiger partial charge on any atom is -0.507 e. The summed E-state index contributed by atoms with van der Waals surface area (Å²) in [7, 11) is 0. The summed E-state index contributed by atoms with van der Waals surface area (Å²) in [5.74, 6) is -0.125. The average molecular weight is 327 g/mol. The number of carbonyl (C=O) groups excluding carboxylic acids is 2. The lowest BCUT2D eigenvalue weighted by atomic mass is 10.1. The van der Waals surface area contributed by atoms with E-state index in [1.54, 1.807) is 24.3 Å². The van der Waals surface area contributed by atoms with Gasteiger partial charge < -0.3 is 19.9 Å². The third-order valence-corrected chi connectivity index (χ3v) is 3.66. The summed E-state index contributed by atoms with van der Waals surface area (Å²) in [6, 6.07) is 11.2. The van der Waals surface area contributed by atoms with E-state index in [0.717, 1.165) is 0 Å². The number of ketones is 1. The van der Waals surface area contributed by atoms with Crippen LogP contribution in [0.15, 0.2) is 42.5 Å². The first kappa shape index (κ1) is 16.0. The van der Waals surface area contributed by atoms with Crippen LogP contribution < -0.4 is 10.1 Å². The molecule has 1 amide bonds. The van der Waals surface area contributed by atoms with Crippen molar-refractivity contribution in [2.45, 2.75) is 13.0 Å². The van der Waals surface area contributed by atoms with Crippen molar-refractivity contribution in [1.29, 1.82) is 0 Å². The lowest BCUT2D eigenvalue weighted by molar-refractivity contribution is -0.0796. The van der Waals surface area contributed by atoms with E-state index in [2.05, 4.69) is 5.32 Å². The monoisotopic (exact) mass is 327 g/mol. The topological polar surface area (TPSA) is 84.9 Å². The Kier molecular flexibility index (Phi) is 4.48. The second kappa shape index (κ2) is 6.72. The van der Waals surface area contributed by atoms with Crippen LogP contribution in [0.1, 0.15) is 27.6 Å². The number of Topliss-reactive ketones (excluding diaryl/α,β-unsaturated/α-hetero) is 1. The number of benzene rings is 2. The summed E-state index contributed by atoms with van der Waals surface area (Å²) in [4.78, 5) is 23.5. The van der Waals surface area contributed by atoms with E-state index in [-0.39, 0.29) is 34.7 Å². The normalized spacial score (nSPS) is 13.9. The zero-order chi connectivity index (χ0) is 17.1. The van der Waals surface area contributed by atoms with Crippen molar-refractivity contribution in [3.8, 4) is 11.5 Å². The number of carbonyl (C=O) groups is 2. The Morgan fingerprint density at radius 2 is 1.88 bits per heavy atom. The summed E-state index contributed by atoms with van der Waals surface area (Å²) in [5.41, 5.74) is 1.06. The molecule has 1 fully saturated rings. The van der Waals surface area contributed by atoms with Crippen molar-refractivity contribution >= 4 is 17.4 Å². The van der Waals surface area contributed by atoms with Gasteiger partial charge in [-0.05, 0) is 49.4 Å². The van der Waals surface area contributed by atoms with Gasteiger partial charge in [0.2, 0.25) is 0 Å². The first-order valence-corrected chi connectivity index (χ1v) is 7.52. The molecule has 0 aliphatic carbocycles. The van der Waals surface area contributed by atoms with Crippen molar-refractivity contribution in [3.05, 3.63) is 53.6 Å². The fourth-order valence-electron chi connectivity index (χ4n) is 2.27. The quantitative estimate of drug-likeness (QED) is 0.825. The lowest BCUT2D eigenvalue weighted by Crippen LogP contribution is -2.38. The Bertz CT molecular complexity index is 765. The fourth-order valence-corrected chi connectivity index (χ4v) is 2.27. The highest BCUT2D eigenvalue weighted by Crippen LogP contribution is 2.22. The number of amides is 1. The molecular weight excluding hydrogens is 310 g/mol. The van der Waals surface area contributed by atoms with Gasteiger partial charge in [0.25, 0.3) is 5.91 Å². The summed E-state index contributed by atoms with van der Waals surface area (Å²) in [6.45, 7) is 2.55. The van der Waals surface area contributed by atoms with Crippen LogP contribution in [0.3, 0.4) is 0 Å². The van der Waals surface area contributed by atoms with E-state index in [1.807, 2.05) is 0 Å². The molecule has 1 aliphatic rings. The molecule has 0 saturated carbocycles. The molecule has 1 saturated heterocycles. The molecule has 2 aromatic carbocycles. The van der Waals surface area contributed by atoms with Crippen molar-refractivity contribution < 1.29 is 24.2 Å². The number of nitrogens with one attached hydrogen (secondary N) is 1. The Morgan fingerprint density at radius 1 is 1.17 bits per heavy atom. The van der Waals surface area contributed by atoms with Gasteiger partial charge in [0, 0.05) is 11.3 Å². The van der Waals surface area contributed by atoms with Crippen LogP contribution in [0, 0.1) is 0 Å². The van der Waals surface area contributed by atoms with E-state index in [0.29, 0.717) is 24.7 Å². The Balaban J connectivity index is 1.65. The number of hydrogen-bond acceptors (Lipinski definition) is 5. The van der Waals surface area contributed by atoms with Crippen LogP contribution in [0.4, 0.5) is 5.69 Å². The maximum Gasteiger partial charge on any atom is 0.255 e. The van der Waals surface area contributed by atoms with Gasteiger partial charge >= 0.3 is 0 Å². The van der Waals surface area contributed by atoms with Crippen molar-refractivity contribution in [2.24, 2.45) is 0 Å². The lowest BCUT2D eigenvalue weighted by Gasteiger charge is -2.26. The molecule has 2 aromatic rings. The van der Waals surface area contributed by atoms with Gasteiger partial charge in [-0.1, -0.05) is 0 Å². The molecular formula is C18H17NO5. The molecule has 1 aliphatic heterocycles. The molecule has 0 spiro atoms. The first-order chi connectivity index (χ1) is 11.5. The number of phenols is 1. The highest BCUT2D eigenvalue weighted by atomic mass is 16.6. The van der Waals surface area contributed by atoms with Gasteiger partial charge in [0.15, 0.2) is 5.78 Å². The zero-order valence-corrected chi connectivity index (χ0v) is 13.1. The van der Waals surface area contributed by atoms with Gasteiger partial charge in [-0.2, -0.15) is 0 Å². The fraction of sp³-hybridized carbons (Fsp3) is 0.222. The number of rotatable bonds is 5. The zero-order valence-electron chi connectivity index (χ0n) is 13.1. The molecule has 24 heavy (non-hydrogen) atoms. The van der Waals surface area contributed by atoms with Crippen molar-refractivity contribution in [1.82, 2.24) is 0 Å². The molecule has 0 aromatic heterocycles. The molecule has 6 nitrogen and oxygen atoms in total. The SMILES string of the molecule is CC(=O)c1ccc(C(=O)Nc2ccc(OC3COC3)cc2)cc1O. The Morgan fingerprint density at radius 3 is 2.42 bits per heavy atom. The van der Waals surface area contributed by atoms with E-state index in [1.165, 1.54) is 25.1 Å². The second-order valence-corrected chi connectivity index (χ2v) is 5.54. The number of ether oxygens (including phenoxy) is 2. The predicted octanol–water partition coefficient (Wildman–Crippen LogP) is 2.62. The Hall–Kier alpha value is -2.86. The maximum atomic E-state index is 12.2. The molecule has 0 bridgehead atoms. The van der Waals surface area contributed by atoms with E-state index in [9.17, 15) is 14.7 Å². The smallest absolute Gasteiger partial charge is 0.255 e. The van der Waals surface area contributed by atoms with Gasteiger partial charge in [-0.25, -0.2) is 0 Å². The van der Waals surface area contributed by atoms with Crippen LogP contribution >= 0.6 is 0 Å². The van der Waals surface area contributed by atoms with Gasteiger partial charge in [-0.15, -0.1) is 0 Å². The molecule has 0 unspecified atom stereocenters. The van der Waals surface area contributed by atoms with E-state index >= 15 is 0 Å². The standard InChI is InChI=1S/C18H17NO5/c1-11(20)16-7-2-12(8-17(16)21)18(22)19-13-3-5-14(6-4-13)24-15-9-23-10-15/h2-8,15,21H,9-10H2,1H3,(H,19,22). The number of anilines is 1. The molecule has 3 rings (SSSR count).